The van der Waals surface area contributed by atoms with E-state index in [2.05, 4.69) is 10.0 Å². The van der Waals surface area contributed by atoms with Crippen LogP contribution in [0.25, 0.3) is 6.08 Å². The minimum atomic E-state index is -3.66. The van der Waals surface area contributed by atoms with Crippen LogP contribution in [0.15, 0.2) is 82.8 Å². The first kappa shape index (κ1) is 19.4. The third kappa shape index (κ3) is 5.34. The van der Waals surface area contributed by atoms with Crippen LogP contribution in [0.3, 0.4) is 0 Å². The predicted molar refractivity (Wildman–Crippen MR) is 109 cm³/mol. The molecule has 0 spiro atoms. The fraction of sp³-hybridized carbons (Fsp3) is 0.0952. The fourth-order valence-electron chi connectivity index (χ4n) is 2.51. The molecule has 0 bridgehead atoms. The quantitative estimate of drug-likeness (QED) is 0.627. The van der Waals surface area contributed by atoms with Crippen LogP contribution in [0.1, 0.15) is 34.6 Å². The van der Waals surface area contributed by atoms with Gasteiger partial charge < -0.3 is 9.73 Å². The number of carbonyl (C=O) groups is 1. The molecule has 0 unspecified atom stereocenters. The summed E-state index contributed by atoms with van der Waals surface area (Å²) in [6.07, 6.45) is 3.06. The van der Waals surface area contributed by atoms with Crippen molar-refractivity contribution in [3.8, 4) is 0 Å². The zero-order valence-corrected chi connectivity index (χ0v) is 16.0. The van der Waals surface area contributed by atoms with E-state index in [9.17, 15) is 13.2 Å². The minimum Gasteiger partial charge on any atom is -0.467 e. The van der Waals surface area contributed by atoms with Crippen LogP contribution in [0, 0.1) is 0 Å². The van der Waals surface area contributed by atoms with Gasteiger partial charge in [0.1, 0.15) is 5.76 Å². The number of nitrogens with one attached hydrogen (secondary N) is 2. The Morgan fingerprint density at radius 1 is 1.00 bits per heavy atom. The van der Waals surface area contributed by atoms with Gasteiger partial charge in [0.25, 0.3) is 15.9 Å². The molecule has 2 N–H and O–H groups in total. The average Bonchev–Trinajstić information content (AvgIpc) is 3.22. The molecule has 0 radical (unpaired) electrons. The van der Waals surface area contributed by atoms with E-state index in [1.54, 1.807) is 42.7 Å². The second-order valence-electron chi connectivity index (χ2n) is 6.15. The lowest BCUT2D eigenvalue weighted by atomic mass is 10.1. The van der Waals surface area contributed by atoms with Crippen molar-refractivity contribution >= 4 is 27.7 Å². The summed E-state index contributed by atoms with van der Waals surface area (Å²) in [5.74, 6) is 0.380. The van der Waals surface area contributed by atoms with Crippen LogP contribution in [0.5, 0.6) is 0 Å². The van der Waals surface area contributed by atoms with E-state index >= 15 is 0 Å². The number of hydrogen-bond acceptors (Lipinski definition) is 4. The number of carbonyl (C=O) groups excluding carboxylic acids is 1. The Balaban J connectivity index is 1.62. The molecule has 1 amide bonds. The van der Waals surface area contributed by atoms with Crippen molar-refractivity contribution in [3.63, 3.8) is 0 Å². The van der Waals surface area contributed by atoms with Gasteiger partial charge in [-0.05, 0) is 55.0 Å². The topological polar surface area (TPSA) is 88.4 Å². The SMILES string of the molecule is C[C@@H](NC(=O)c1ccc(NS(=O)(=O)/C=C/c2ccccc2)cc1)c1ccco1. The van der Waals surface area contributed by atoms with Crippen LogP contribution < -0.4 is 10.0 Å². The first-order valence-corrected chi connectivity index (χ1v) is 10.2. The van der Waals surface area contributed by atoms with Gasteiger partial charge in [0.05, 0.1) is 17.7 Å². The molecule has 0 aliphatic carbocycles. The Hall–Kier alpha value is -3.32. The summed E-state index contributed by atoms with van der Waals surface area (Å²) in [6, 6.07) is 18.6. The molecule has 1 heterocycles. The van der Waals surface area contributed by atoms with Crippen molar-refractivity contribution in [2.45, 2.75) is 13.0 Å². The summed E-state index contributed by atoms with van der Waals surface area (Å²) in [4.78, 5) is 12.3. The van der Waals surface area contributed by atoms with Crippen LogP contribution in [-0.4, -0.2) is 14.3 Å². The molecule has 6 nitrogen and oxygen atoms in total. The summed E-state index contributed by atoms with van der Waals surface area (Å²) in [6.45, 7) is 1.82. The van der Waals surface area contributed by atoms with Crippen LogP contribution in [0.4, 0.5) is 5.69 Å². The van der Waals surface area contributed by atoms with Crippen LogP contribution in [0.2, 0.25) is 0 Å². The molecule has 7 heteroatoms. The van der Waals surface area contributed by atoms with Gasteiger partial charge in [-0.1, -0.05) is 30.3 Å². The zero-order valence-electron chi connectivity index (χ0n) is 15.2. The molecule has 0 fully saturated rings. The molecule has 28 heavy (non-hydrogen) atoms. The van der Waals surface area contributed by atoms with Crippen LogP contribution in [-0.2, 0) is 10.0 Å². The molecule has 0 saturated carbocycles. The van der Waals surface area contributed by atoms with Gasteiger partial charge in [0.2, 0.25) is 0 Å². The second kappa shape index (κ2) is 8.58. The predicted octanol–water partition coefficient (Wildman–Crippen LogP) is 4.18. The summed E-state index contributed by atoms with van der Waals surface area (Å²) in [5.41, 5.74) is 1.57. The highest BCUT2D eigenvalue weighted by atomic mass is 32.2. The monoisotopic (exact) mass is 396 g/mol. The first-order valence-electron chi connectivity index (χ1n) is 8.63. The van der Waals surface area contributed by atoms with Crippen molar-refractivity contribution in [1.29, 1.82) is 0 Å². The molecule has 0 aliphatic rings. The third-order valence-corrected chi connectivity index (χ3v) is 4.98. The Morgan fingerprint density at radius 2 is 1.71 bits per heavy atom. The molecule has 1 atom stereocenters. The maximum Gasteiger partial charge on any atom is 0.255 e. The molecular formula is C21H20N2O4S. The van der Waals surface area contributed by atoms with Gasteiger partial charge >= 0.3 is 0 Å². The number of benzene rings is 2. The summed E-state index contributed by atoms with van der Waals surface area (Å²) in [7, 11) is -3.66. The average molecular weight is 396 g/mol. The summed E-state index contributed by atoms with van der Waals surface area (Å²) < 4.78 is 32.1. The lowest BCUT2D eigenvalue weighted by molar-refractivity contribution is 0.0935. The lowest BCUT2D eigenvalue weighted by Crippen LogP contribution is -2.26. The maximum absolute atomic E-state index is 12.3. The third-order valence-electron chi connectivity index (χ3n) is 3.96. The van der Waals surface area contributed by atoms with Gasteiger partial charge in [-0.25, -0.2) is 8.42 Å². The maximum atomic E-state index is 12.3. The Labute approximate surface area is 163 Å². The van der Waals surface area contributed by atoms with E-state index in [0.29, 0.717) is 17.0 Å². The van der Waals surface area contributed by atoms with Gasteiger partial charge in [0, 0.05) is 11.3 Å². The molecule has 3 aromatic rings. The number of anilines is 1. The number of hydrogen-bond donors (Lipinski definition) is 2. The van der Waals surface area contributed by atoms with E-state index in [-0.39, 0.29) is 11.9 Å². The summed E-state index contributed by atoms with van der Waals surface area (Å²) in [5, 5.41) is 3.93. The van der Waals surface area contributed by atoms with E-state index in [1.807, 2.05) is 37.3 Å². The molecule has 1 aromatic heterocycles. The molecule has 2 aromatic carbocycles. The Bertz CT molecular complexity index is 1040. The number of sulfonamides is 1. The van der Waals surface area contributed by atoms with E-state index < -0.39 is 10.0 Å². The second-order valence-corrected chi connectivity index (χ2v) is 7.71. The summed E-state index contributed by atoms with van der Waals surface area (Å²) >= 11 is 0. The minimum absolute atomic E-state index is 0.274. The largest absolute Gasteiger partial charge is 0.467 e. The molecule has 0 saturated heterocycles. The van der Waals surface area contributed by atoms with Crippen molar-refractivity contribution < 1.29 is 17.6 Å². The first-order chi connectivity index (χ1) is 13.4. The number of amides is 1. The van der Waals surface area contributed by atoms with Gasteiger partial charge in [-0.15, -0.1) is 0 Å². The molecular weight excluding hydrogens is 376 g/mol. The number of furan rings is 1. The zero-order chi connectivity index (χ0) is 20.0. The standard InChI is InChI=1S/C21H20N2O4S/c1-16(20-8-5-14-27-20)22-21(24)18-9-11-19(12-10-18)23-28(25,26)15-13-17-6-3-2-4-7-17/h2-16,23H,1H3,(H,22,24)/b15-13+/t16-/m1/s1. The highest BCUT2D eigenvalue weighted by Gasteiger charge is 2.13. The van der Waals surface area contributed by atoms with Crippen molar-refractivity contribution in [2.75, 3.05) is 4.72 Å². The van der Waals surface area contributed by atoms with E-state index in [4.69, 9.17) is 4.42 Å². The van der Waals surface area contributed by atoms with Gasteiger partial charge in [0.15, 0.2) is 0 Å². The Morgan fingerprint density at radius 3 is 2.36 bits per heavy atom. The van der Waals surface area contributed by atoms with Gasteiger partial charge in [-0.2, -0.15) is 0 Å². The molecule has 0 aliphatic heterocycles. The highest BCUT2D eigenvalue weighted by molar-refractivity contribution is 7.95. The molecule has 3 rings (SSSR count). The van der Waals surface area contributed by atoms with E-state index in [1.165, 1.54) is 6.08 Å². The van der Waals surface area contributed by atoms with Gasteiger partial charge in [-0.3, -0.25) is 9.52 Å². The van der Waals surface area contributed by atoms with Crippen molar-refractivity contribution in [2.24, 2.45) is 0 Å². The van der Waals surface area contributed by atoms with Crippen molar-refractivity contribution in [1.82, 2.24) is 5.32 Å². The number of rotatable bonds is 7. The lowest BCUT2D eigenvalue weighted by Gasteiger charge is -2.12. The van der Waals surface area contributed by atoms with Crippen molar-refractivity contribution in [3.05, 3.63) is 95.3 Å². The normalized spacial score (nSPS) is 12.6. The Kier molecular flexibility index (Phi) is 5.96. The highest BCUT2D eigenvalue weighted by Crippen LogP contribution is 2.16. The molecule has 144 valence electrons. The van der Waals surface area contributed by atoms with Crippen LogP contribution >= 0.6 is 0 Å². The smallest absolute Gasteiger partial charge is 0.255 e. The fourth-order valence-corrected chi connectivity index (χ4v) is 3.38. The van der Waals surface area contributed by atoms with E-state index in [0.717, 1.165) is 11.0 Å².